The van der Waals surface area contributed by atoms with E-state index < -0.39 is 0 Å². The molecule has 3 heteroatoms. The lowest BCUT2D eigenvalue weighted by molar-refractivity contribution is 0.705. The summed E-state index contributed by atoms with van der Waals surface area (Å²) in [5.41, 5.74) is 1.26. The molecule has 0 unspecified atom stereocenters. The molecule has 0 saturated carbocycles. The van der Waals surface area contributed by atoms with Crippen molar-refractivity contribution in [2.24, 2.45) is 0 Å². The van der Waals surface area contributed by atoms with Crippen molar-refractivity contribution in [2.45, 2.75) is 58.8 Å². The van der Waals surface area contributed by atoms with E-state index >= 15 is 0 Å². The van der Waals surface area contributed by atoms with Gasteiger partial charge in [0, 0.05) is 18.3 Å². The lowest BCUT2D eigenvalue weighted by Gasteiger charge is -2.00. The maximum atomic E-state index is 4.26. The summed E-state index contributed by atoms with van der Waals surface area (Å²) in [6.07, 6.45) is 8.75. The molecule has 16 heavy (non-hydrogen) atoms. The summed E-state index contributed by atoms with van der Waals surface area (Å²) in [5, 5.41) is 10.7. The van der Waals surface area contributed by atoms with Gasteiger partial charge < -0.3 is 5.32 Å². The molecule has 0 aliphatic carbocycles. The second kappa shape index (κ2) is 8.20. The van der Waals surface area contributed by atoms with Gasteiger partial charge in [0.1, 0.15) is 5.82 Å². The third-order valence-corrected chi connectivity index (χ3v) is 2.77. The number of nitrogens with one attached hydrogen (secondary N) is 2. The van der Waals surface area contributed by atoms with Crippen LogP contribution in [0.5, 0.6) is 0 Å². The summed E-state index contributed by atoms with van der Waals surface area (Å²) in [4.78, 5) is 0. The number of anilines is 1. The van der Waals surface area contributed by atoms with E-state index in [1.54, 1.807) is 0 Å². The van der Waals surface area contributed by atoms with Crippen molar-refractivity contribution in [3.05, 3.63) is 11.8 Å². The molecule has 92 valence electrons. The van der Waals surface area contributed by atoms with Gasteiger partial charge in [-0.3, -0.25) is 5.10 Å². The molecule has 0 fully saturated rings. The summed E-state index contributed by atoms with van der Waals surface area (Å²) in [5.74, 6) is 1.00. The van der Waals surface area contributed by atoms with Crippen LogP contribution in [0, 0.1) is 0 Å². The second-order valence-corrected chi connectivity index (χ2v) is 4.37. The van der Waals surface area contributed by atoms with Gasteiger partial charge in [0.25, 0.3) is 0 Å². The first-order valence-electron chi connectivity index (χ1n) is 6.65. The molecule has 3 nitrogen and oxygen atoms in total. The Morgan fingerprint density at radius 1 is 1.12 bits per heavy atom. The molecule has 1 heterocycles. The molecule has 0 spiro atoms. The molecule has 0 atom stereocenters. The van der Waals surface area contributed by atoms with E-state index in [2.05, 4.69) is 35.4 Å². The minimum absolute atomic E-state index is 1.00. The van der Waals surface area contributed by atoms with Gasteiger partial charge >= 0.3 is 0 Å². The van der Waals surface area contributed by atoms with Crippen LogP contribution < -0.4 is 5.32 Å². The maximum Gasteiger partial charge on any atom is 0.148 e. The summed E-state index contributed by atoms with van der Waals surface area (Å²) in [6.45, 7) is 5.49. The zero-order valence-electron chi connectivity index (χ0n) is 10.7. The van der Waals surface area contributed by atoms with Crippen molar-refractivity contribution in [1.82, 2.24) is 10.2 Å². The number of nitrogens with zero attached hydrogens (tertiary/aromatic N) is 1. The predicted molar refractivity (Wildman–Crippen MR) is 69.8 cm³/mol. The molecule has 0 radical (unpaired) electrons. The number of unbranched alkanes of at least 4 members (excludes halogenated alkanes) is 4. The molecule has 0 aliphatic heterocycles. The molecule has 1 aromatic heterocycles. The smallest absolute Gasteiger partial charge is 0.148 e. The van der Waals surface area contributed by atoms with E-state index in [1.165, 1.54) is 44.2 Å². The average Bonchev–Trinajstić information content (AvgIpc) is 2.73. The second-order valence-electron chi connectivity index (χ2n) is 4.37. The molecule has 1 aromatic rings. The third kappa shape index (κ3) is 5.19. The fourth-order valence-electron chi connectivity index (χ4n) is 1.74. The van der Waals surface area contributed by atoms with Crippen LogP contribution in [0.1, 0.15) is 58.1 Å². The Bertz CT molecular complexity index is 268. The van der Waals surface area contributed by atoms with Crippen LogP contribution in [0.25, 0.3) is 0 Å². The first kappa shape index (κ1) is 13.1. The fraction of sp³-hybridized carbons (Fsp3) is 0.769. The summed E-state index contributed by atoms with van der Waals surface area (Å²) < 4.78 is 0. The van der Waals surface area contributed by atoms with Crippen LogP contribution in [0.15, 0.2) is 6.07 Å². The van der Waals surface area contributed by atoms with Crippen LogP contribution in [0.2, 0.25) is 0 Å². The van der Waals surface area contributed by atoms with E-state index in [9.17, 15) is 0 Å². The Labute approximate surface area is 99.0 Å². The molecular weight excluding hydrogens is 198 g/mol. The largest absolute Gasteiger partial charge is 0.369 e. The minimum atomic E-state index is 1.00. The molecule has 0 aliphatic rings. The topological polar surface area (TPSA) is 40.7 Å². The predicted octanol–water partition coefficient (Wildman–Crippen LogP) is 3.74. The Morgan fingerprint density at radius 3 is 2.62 bits per heavy atom. The van der Waals surface area contributed by atoms with Crippen LogP contribution >= 0.6 is 0 Å². The molecular formula is C13H25N3. The standard InChI is InChI=1S/C13H25N3/c1-3-5-7-9-12-11-13(16-15-12)14-10-8-6-4-2/h11H,3-10H2,1-2H3,(H2,14,15,16). The quantitative estimate of drug-likeness (QED) is 0.626. The zero-order valence-corrected chi connectivity index (χ0v) is 10.7. The first-order chi connectivity index (χ1) is 7.86. The van der Waals surface area contributed by atoms with Gasteiger partial charge in [-0.15, -0.1) is 0 Å². The molecule has 0 aromatic carbocycles. The first-order valence-corrected chi connectivity index (χ1v) is 6.65. The van der Waals surface area contributed by atoms with Crippen molar-refractivity contribution in [3.63, 3.8) is 0 Å². The van der Waals surface area contributed by atoms with Gasteiger partial charge in [-0.25, -0.2) is 0 Å². The van der Waals surface area contributed by atoms with Crippen LogP contribution in [-0.4, -0.2) is 16.7 Å². The molecule has 0 saturated heterocycles. The van der Waals surface area contributed by atoms with Gasteiger partial charge in [0.05, 0.1) is 0 Å². The fourth-order valence-corrected chi connectivity index (χ4v) is 1.74. The molecule has 0 amide bonds. The summed E-state index contributed by atoms with van der Waals surface area (Å²) in [7, 11) is 0. The number of hydrogen-bond acceptors (Lipinski definition) is 2. The van der Waals surface area contributed by atoms with Crippen LogP contribution in [-0.2, 0) is 6.42 Å². The number of H-pyrrole nitrogens is 1. The van der Waals surface area contributed by atoms with Gasteiger partial charge in [-0.2, -0.15) is 5.10 Å². The summed E-state index contributed by atoms with van der Waals surface area (Å²) in [6, 6.07) is 2.14. The van der Waals surface area contributed by atoms with Crippen molar-refractivity contribution >= 4 is 5.82 Å². The van der Waals surface area contributed by atoms with Crippen LogP contribution in [0.4, 0.5) is 5.82 Å². The Kier molecular flexibility index (Phi) is 6.70. The minimum Gasteiger partial charge on any atom is -0.369 e. The highest BCUT2D eigenvalue weighted by molar-refractivity contribution is 5.35. The highest BCUT2D eigenvalue weighted by Gasteiger charge is 1.99. The monoisotopic (exact) mass is 223 g/mol. The van der Waals surface area contributed by atoms with Crippen molar-refractivity contribution in [3.8, 4) is 0 Å². The van der Waals surface area contributed by atoms with Gasteiger partial charge in [0.15, 0.2) is 0 Å². The van der Waals surface area contributed by atoms with Gasteiger partial charge in [0.2, 0.25) is 0 Å². The maximum absolute atomic E-state index is 4.26. The third-order valence-electron chi connectivity index (χ3n) is 2.77. The van der Waals surface area contributed by atoms with E-state index in [4.69, 9.17) is 0 Å². The number of aromatic amines is 1. The summed E-state index contributed by atoms with van der Waals surface area (Å²) >= 11 is 0. The lowest BCUT2D eigenvalue weighted by atomic mass is 10.1. The van der Waals surface area contributed by atoms with Gasteiger partial charge in [-0.05, 0) is 19.3 Å². The number of rotatable bonds is 9. The van der Waals surface area contributed by atoms with Crippen molar-refractivity contribution in [1.29, 1.82) is 0 Å². The SMILES string of the molecule is CCCCCNc1cc(CCCCC)[nH]n1. The van der Waals surface area contributed by atoms with E-state index in [-0.39, 0.29) is 0 Å². The van der Waals surface area contributed by atoms with E-state index in [0.29, 0.717) is 0 Å². The van der Waals surface area contributed by atoms with Crippen molar-refractivity contribution in [2.75, 3.05) is 11.9 Å². The number of aromatic nitrogens is 2. The zero-order chi connectivity index (χ0) is 11.6. The van der Waals surface area contributed by atoms with Crippen LogP contribution in [0.3, 0.4) is 0 Å². The highest BCUT2D eigenvalue weighted by Crippen LogP contribution is 2.09. The van der Waals surface area contributed by atoms with E-state index in [1.807, 2.05) is 0 Å². The molecule has 1 rings (SSSR count). The Morgan fingerprint density at radius 2 is 1.88 bits per heavy atom. The number of aryl methyl sites for hydroxylation is 1. The number of hydrogen-bond donors (Lipinski definition) is 2. The molecule has 2 N–H and O–H groups in total. The average molecular weight is 223 g/mol. The Hall–Kier alpha value is -0.990. The normalized spacial score (nSPS) is 10.6. The van der Waals surface area contributed by atoms with Gasteiger partial charge in [-0.1, -0.05) is 39.5 Å². The molecule has 0 bridgehead atoms. The van der Waals surface area contributed by atoms with Crippen molar-refractivity contribution < 1.29 is 0 Å². The van der Waals surface area contributed by atoms with E-state index in [0.717, 1.165) is 18.8 Å². The highest BCUT2D eigenvalue weighted by atomic mass is 15.2. The lowest BCUT2D eigenvalue weighted by Crippen LogP contribution is -2.01. The Balaban J connectivity index is 2.17.